The van der Waals surface area contributed by atoms with Crippen LogP contribution >= 0.6 is 0 Å². The maximum absolute atomic E-state index is 11.9. The molecule has 1 N–H and O–H groups in total. The zero-order valence-electron chi connectivity index (χ0n) is 12.3. The fraction of sp³-hybridized carbons (Fsp3) is 0.438. The van der Waals surface area contributed by atoms with Crippen molar-refractivity contribution >= 4 is 16.8 Å². The molecular formula is C16H22N2O2. The van der Waals surface area contributed by atoms with Crippen molar-refractivity contribution in [3.63, 3.8) is 0 Å². The van der Waals surface area contributed by atoms with Gasteiger partial charge < -0.3 is 14.6 Å². The highest BCUT2D eigenvalue weighted by Gasteiger charge is 2.09. The van der Waals surface area contributed by atoms with Crippen LogP contribution in [0.4, 0.5) is 0 Å². The highest BCUT2D eigenvalue weighted by Crippen LogP contribution is 2.26. The average Bonchev–Trinajstić information content (AvgIpc) is 2.81. The summed E-state index contributed by atoms with van der Waals surface area (Å²) in [6.45, 7) is 7.82. The molecule has 0 unspecified atom stereocenters. The standard InChI is InChI=1S/C16H22N2O2/c1-4-20-15-7-5-6-14-13(15)8-9-18(14)11-16(19)17-10-12(2)3/h5-9,12H,4,10-11H2,1-3H3,(H,17,19). The summed E-state index contributed by atoms with van der Waals surface area (Å²) in [5, 5.41) is 3.98. The Morgan fingerprint density at radius 1 is 1.35 bits per heavy atom. The summed E-state index contributed by atoms with van der Waals surface area (Å²) in [4.78, 5) is 11.9. The molecule has 0 radical (unpaired) electrons. The third-order valence-electron chi connectivity index (χ3n) is 3.09. The van der Waals surface area contributed by atoms with E-state index < -0.39 is 0 Å². The molecule has 0 aliphatic heterocycles. The number of carbonyl (C=O) groups excluding carboxylic acids is 1. The minimum Gasteiger partial charge on any atom is -0.493 e. The van der Waals surface area contributed by atoms with Crippen LogP contribution in [0, 0.1) is 5.92 Å². The van der Waals surface area contributed by atoms with E-state index in [-0.39, 0.29) is 5.91 Å². The number of ether oxygens (including phenoxy) is 1. The smallest absolute Gasteiger partial charge is 0.239 e. The number of fused-ring (bicyclic) bond motifs is 1. The van der Waals surface area contributed by atoms with Crippen LogP contribution in [0.3, 0.4) is 0 Å². The summed E-state index contributed by atoms with van der Waals surface area (Å²) in [5.74, 6) is 1.37. The largest absolute Gasteiger partial charge is 0.493 e. The topological polar surface area (TPSA) is 43.3 Å². The summed E-state index contributed by atoms with van der Waals surface area (Å²) in [6.07, 6.45) is 1.93. The van der Waals surface area contributed by atoms with Crippen LogP contribution < -0.4 is 10.1 Å². The molecule has 2 rings (SSSR count). The van der Waals surface area contributed by atoms with Gasteiger partial charge in [-0.15, -0.1) is 0 Å². The molecule has 0 aliphatic rings. The Morgan fingerprint density at radius 3 is 2.85 bits per heavy atom. The number of rotatable bonds is 6. The molecule has 108 valence electrons. The van der Waals surface area contributed by atoms with Crippen molar-refractivity contribution in [2.45, 2.75) is 27.3 Å². The van der Waals surface area contributed by atoms with Gasteiger partial charge in [0.15, 0.2) is 0 Å². The second kappa shape index (κ2) is 6.46. The van der Waals surface area contributed by atoms with Crippen LogP contribution in [0.5, 0.6) is 5.75 Å². The average molecular weight is 274 g/mol. The van der Waals surface area contributed by atoms with Gasteiger partial charge in [-0.05, 0) is 31.0 Å². The van der Waals surface area contributed by atoms with Gasteiger partial charge in [0, 0.05) is 18.1 Å². The molecule has 2 aromatic rings. The van der Waals surface area contributed by atoms with E-state index in [0.29, 0.717) is 25.6 Å². The number of hydrogen-bond acceptors (Lipinski definition) is 2. The molecule has 4 heteroatoms. The van der Waals surface area contributed by atoms with Crippen LogP contribution in [0.25, 0.3) is 10.9 Å². The van der Waals surface area contributed by atoms with E-state index in [1.165, 1.54) is 0 Å². The maximum Gasteiger partial charge on any atom is 0.239 e. The number of benzene rings is 1. The summed E-state index contributed by atoms with van der Waals surface area (Å²) < 4.78 is 7.55. The highest BCUT2D eigenvalue weighted by atomic mass is 16.5. The lowest BCUT2D eigenvalue weighted by molar-refractivity contribution is -0.121. The molecule has 0 aliphatic carbocycles. The molecule has 0 atom stereocenters. The van der Waals surface area contributed by atoms with Crippen molar-refractivity contribution < 1.29 is 9.53 Å². The minimum atomic E-state index is 0.0398. The molecule has 1 amide bonds. The number of hydrogen-bond donors (Lipinski definition) is 1. The van der Waals surface area contributed by atoms with E-state index in [0.717, 1.165) is 16.7 Å². The van der Waals surface area contributed by atoms with Crippen LogP contribution in [0.2, 0.25) is 0 Å². The first-order valence-electron chi connectivity index (χ1n) is 7.09. The molecule has 1 aromatic carbocycles. The van der Waals surface area contributed by atoms with Crippen LogP contribution in [0.1, 0.15) is 20.8 Å². The first kappa shape index (κ1) is 14.4. The molecule has 0 spiro atoms. The fourth-order valence-corrected chi connectivity index (χ4v) is 2.14. The van der Waals surface area contributed by atoms with Gasteiger partial charge in [-0.25, -0.2) is 0 Å². The third-order valence-corrected chi connectivity index (χ3v) is 3.09. The van der Waals surface area contributed by atoms with Crippen molar-refractivity contribution in [1.82, 2.24) is 9.88 Å². The molecule has 1 aromatic heterocycles. The van der Waals surface area contributed by atoms with Crippen LogP contribution in [-0.2, 0) is 11.3 Å². The van der Waals surface area contributed by atoms with E-state index in [2.05, 4.69) is 19.2 Å². The second-order valence-corrected chi connectivity index (χ2v) is 5.26. The molecular weight excluding hydrogens is 252 g/mol. The predicted octanol–water partition coefficient (Wildman–Crippen LogP) is 2.81. The summed E-state index contributed by atoms with van der Waals surface area (Å²) >= 11 is 0. The highest BCUT2D eigenvalue weighted by molar-refractivity contribution is 5.88. The number of nitrogens with one attached hydrogen (secondary N) is 1. The van der Waals surface area contributed by atoms with Crippen molar-refractivity contribution in [1.29, 1.82) is 0 Å². The quantitative estimate of drug-likeness (QED) is 0.880. The lowest BCUT2D eigenvalue weighted by Gasteiger charge is -2.10. The van der Waals surface area contributed by atoms with E-state index in [9.17, 15) is 4.79 Å². The zero-order valence-corrected chi connectivity index (χ0v) is 12.3. The van der Waals surface area contributed by atoms with E-state index in [1.54, 1.807) is 0 Å². The third kappa shape index (κ3) is 3.32. The minimum absolute atomic E-state index is 0.0398. The molecule has 0 fully saturated rings. The predicted molar refractivity (Wildman–Crippen MR) is 81.0 cm³/mol. The number of amides is 1. The van der Waals surface area contributed by atoms with Gasteiger partial charge >= 0.3 is 0 Å². The Kier molecular flexibility index (Phi) is 4.66. The number of aromatic nitrogens is 1. The normalized spacial score (nSPS) is 11.0. The Hall–Kier alpha value is -1.97. The Balaban J connectivity index is 2.15. The first-order valence-corrected chi connectivity index (χ1v) is 7.09. The van der Waals surface area contributed by atoms with Crippen molar-refractivity contribution in [2.75, 3.05) is 13.2 Å². The molecule has 1 heterocycles. The lowest BCUT2D eigenvalue weighted by atomic mass is 10.2. The van der Waals surface area contributed by atoms with Crippen LogP contribution in [0.15, 0.2) is 30.5 Å². The monoisotopic (exact) mass is 274 g/mol. The lowest BCUT2D eigenvalue weighted by Crippen LogP contribution is -2.30. The summed E-state index contributed by atoms with van der Waals surface area (Å²) in [5.41, 5.74) is 1.02. The van der Waals surface area contributed by atoms with Crippen molar-refractivity contribution in [3.05, 3.63) is 30.5 Å². The summed E-state index contributed by atoms with van der Waals surface area (Å²) in [7, 11) is 0. The molecule has 4 nitrogen and oxygen atoms in total. The van der Waals surface area contributed by atoms with Crippen molar-refractivity contribution in [2.24, 2.45) is 5.92 Å². The Labute approximate surface area is 119 Å². The molecule has 20 heavy (non-hydrogen) atoms. The molecule has 0 saturated heterocycles. The van der Waals surface area contributed by atoms with E-state index >= 15 is 0 Å². The van der Waals surface area contributed by atoms with Gasteiger partial charge in [0.05, 0.1) is 12.1 Å². The Morgan fingerprint density at radius 2 is 2.15 bits per heavy atom. The van der Waals surface area contributed by atoms with Crippen molar-refractivity contribution in [3.8, 4) is 5.75 Å². The zero-order chi connectivity index (χ0) is 14.5. The van der Waals surface area contributed by atoms with Gasteiger partial charge in [-0.1, -0.05) is 19.9 Å². The Bertz CT molecular complexity index is 587. The first-order chi connectivity index (χ1) is 9.61. The number of carbonyl (C=O) groups is 1. The molecule has 0 saturated carbocycles. The van der Waals surface area contributed by atoms with Crippen LogP contribution in [-0.4, -0.2) is 23.6 Å². The van der Waals surface area contributed by atoms with Gasteiger partial charge in [0.1, 0.15) is 12.3 Å². The number of nitrogens with zero attached hydrogens (tertiary/aromatic N) is 1. The summed E-state index contributed by atoms with van der Waals surface area (Å²) in [6, 6.07) is 7.91. The van der Waals surface area contributed by atoms with Gasteiger partial charge in [-0.2, -0.15) is 0 Å². The molecule has 0 bridgehead atoms. The van der Waals surface area contributed by atoms with E-state index in [1.807, 2.05) is 42.0 Å². The maximum atomic E-state index is 11.9. The fourth-order valence-electron chi connectivity index (χ4n) is 2.14. The van der Waals surface area contributed by atoms with Gasteiger partial charge in [0.25, 0.3) is 0 Å². The second-order valence-electron chi connectivity index (χ2n) is 5.26. The van der Waals surface area contributed by atoms with E-state index in [4.69, 9.17) is 4.74 Å². The SMILES string of the molecule is CCOc1cccc2c1ccn2CC(=O)NCC(C)C. The van der Waals surface area contributed by atoms with Gasteiger partial charge in [0.2, 0.25) is 5.91 Å². The van der Waals surface area contributed by atoms with Gasteiger partial charge in [-0.3, -0.25) is 4.79 Å².